The molecule has 0 unspecified atom stereocenters. The highest BCUT2D eigenvalue weighted by atomic mass is 16.5. The van der Waals surface area contributed by atoms with Crippen LogP contribution in [0, 0.1) is 0 Å². The summed E-state index contributed by atoms with van der Waals surface area (Å²) < 4.78 is 11.3. The lowest BCUT2D eigenvalue weighted by atomic mass is 10.2. The maximum absolute atomic E-state index is 11.4. The van der Waals surface area contributed by atoms with E-state index in [1.54, 1.807) is 36.4 Å². The predicted octanol–water partition coefficient (Wildman–Crippen LogP) is 3.77. The Hall–Kier alpha value is -3.34. The fourth-order valence-corrected chi connectivity index (χ4v) is 1.97. The Labute approximate surface area is 133 Å². The Kier molecular flexibility index (Phi) is 4.20. The van der Waals surface area contributed by atoms with Gasteiger partial charge in [0.25, 0.3) is 5.91 Å². The zero-order chi connectivity index (χ0) is 16.1. The number of carbonyl (C=O) groups excluding carboxylic acids is 1. The van der Waals surface area contributed by atoms with E-state index in [4.69, 9.17) is 15.2 Å². The molecule has 0 aliphatic heterocycles. The number of para-hydroxylation sites is 1. The third kappa shape index (κ3) is 3.65. The second-order valence-corrected chi connectivity index (χ2v) is 4.71. The number of rotatable bonds is 5. The monoisotopic (exact) mass is 306 g/mol. The Morgan fingerprint density at radius 2 is 1.39 bits per heavy atom. The lowest BCUT2D eigenvalue weighted by molar-refractivity contribution is 0.0997. The minimum atomic E-state index is -0.586. The Morgan fingerprint density at radius 3 is 2.04 bits per heavy atom. The molecule has 0 radical (unpaired) electrons. The SMILES string of the molecule is NC(=O)c1cccnc1Oc1ccc(Oc2ccccc2)cc1. The van der Waals surface area contributed by atoms with Gasteiger partial charge in [-0.3, -0.25) is 4.79 Å². The Morgan fingerprint density at radius 1 is 0.783 bits per heavy atom. The highest BCUT2D eigenvalue weighted by Crippen LogP contribution is 2.27. The Balaban J connectivity index is 1.74. The molecule has 3 rings (SSSR count). The number of nitrogens with zero attached hydrogens (tertiary/aromatic N) is 1. The van der Waals surface area contributed by atoms with Crippen molar-refractivity contribution in [2.75, 3.05) is 0 Å². The summed E-state index contributed by atoms with van der Waals surface area (Å²) in [6.07, 6.45) is 1.54. The summed E-state index contributed by atoms with van der Waals surface area (Å²) >= 11 is 0. The standard InChI is InChI=1S/C18H14N2O3/c19-17(21)16-7-4-12-20-18(16)23-15-10-8-14(9-11-15)22-13-5-2-1-3-6-13/h1-12H,(H2,19,21). The molecule has 1 heterocycles. The summed E-state index contributed by atoms with van der Waals surface area (Å²) in [6.45, 7) is 0. The summed E-state index contributed by atoms with van der Waals surface area (Å²) in [5, 5.41) is 0. The molecule has 0 bridgehead atoms. The zero-order valence-corrected chi connectivity index (χ0v) is 12.2. The number of benzene rings is 2. The Bertz CT molecular complexity index is 802. The van der Waals surface area contributed by atoms with Crippen LogP contribution in [0.15, 0.2) is 72.9 Å². The van der Waals surface area contributed by atoms with Crippen LogP contribution in [0.25, 0.3) is 0 Å². The quantitative estimate of drug-likeness (QED) is 0.778. The summed E-state index contributed by atoms with van der Waals surface area (Å²) in [5.41, 5.74) is 5.53. The molecule has 0 saturated heterocycles. The molecule has 23 heavy (non-hydrogen) atoms. The second kappa shape index (κ2) is 6.62. The van der Waals surface area contributed by atoms with Gasteiger partial charge in [-0.05, 0) is 48.5 Å². The van der Waals surface area contributed by atoms with Crippen LogP contribution in [0.1, 0.15) is 10.4 Å². The van der Waals surface area contributed by atoms with Crippen LogP contribution in [-0.2, 0) is 0 Å². The lowest BCUT2D eigenvalue weighted by Crippen LogP contribution is -2.12. The first-order valence-corrected chi connectivity index (χ1v) is 6.98. The normalized spacial score (nSPS) is 10.1. The maximum atomic E-state index is 11.4. The van der Waals surface area contributed by atoms with Crippen molar-refractivity contribution in [3.05, 3.63) is 78.5 Å². The van der Waals surface area contributed by atoms with Crippen molar-refractivity contribution >= 4 is 5.91 Å². The van der Waals surface area contributed by atoms with Crippen LogP contribution in [0.5, 0.6) is 23.1 Å². The van der Waals surface area contributed by atoms with Crippen LogP contribution >= 0.6 is 0 Å². The minimum Gasteiger partial charge on any atom is -0.457 e. The molecule has 1 aromatic heterocycles. The number of hydrogen-bond donors (Lipinski definition) is 1. The summed E-state index contributed by atoms with van der Waals surface area (Å²) in [6, 6.07) is 19.7. The number of carbonyl (C=O) groups is 1. The van der Waals surface area contributed by atoms with E-state index < -0.39 is 5.91 Å². The summed E-state index contributed by atoms with van der Waals surface area (Å²) in [5.74, 6) is 1.56. The molecule has 5 nitrogen and oxygen atoms in total. The van der Waals surface area contributed by atoms with Crippen LogP contribution in [0.2, 0.25) is 0 Å². The van der Waals surface area contributed by atoms with Crippen LogP contribution in [0.4, 0.5) is 0 Å². The molecule has 0 spiro atoms. The average Bonchev–Trinajstić information content (AvgIpc) is 2.58. The van der Waals surface area contributed by atoms with Gasteiger partial charge in [0.15, 0.2) is 0 Å². The van der Waals surface area contributed by atoms with Gasteiger partial charge in [0, 0.05) is 6.20 Å². The van der Waals surface area contributed by atoms with Gasteiger partial charge in [0.1, 0.15) is 22.8 Å². The van der Waals surface area contributed by atoms with E-state index in [1.807, 2.05) is 30.3 Å². The van der Waals surface area contributed by atoms with Crippen LogP contribution < -0.4 is 15.2 Å². The van der Waals surface area contributed by atoms with Crippen molar-refractivity contribution < 1.29 is 14.3 Å². The van der Waals surface area contributed by atoms with Gasteiger partial charge >= 0.3 is 0 Å². The van der Waals surface area contributed by atoms with E-state index in [-0.39, 0.29) is 11.4 Å². The number of pyridine rings is 1. The third-order valence-corrected chi connectivity index (χ3v) is 3.05. The van der Waals surface area contributed by atoms with Crippen molar-refractivity contribution in [2.24, 2.45) is 5.73 Å². The molecule has 2 N–H and O–H groups in total. The molecule has 0 fully saturated rings. The van der Waals surface area contributed by atoms with Gasteiger partial charge in [-0.2, -0.15) is 0 Å². The number of hydrogen-bond acceptors (Lipinski definition) is 4. The van der Waals surface area contributed by atoms with Gasteiger partial charge in [-0.25, -0.2) is 4.98 Å². The molecule has 3 aromatic rings. The van der Waals surface area contributed by atoms with Crippen molar-refractivity contribution in [2.45, 2.75) is 0 Å². The highest BCUT2D eigenvalue weighted by Gasteiger charge is 2.11. The van der Waals surface area contributed by atoms with E-state index in [0.717, 1.165) is 5.75 Å². The molecule has 114 valence electrons. The van der Waals surface area contributed by atoms with Gasteiger partial charge in [0.05, 0.1) is 0 Å². The molecule has 0 saturated carbocycles. The molecule has 0 aliphatic rings. The van der Waals surface area contributed by atoms with E-state index in [0.29, 0.717) is 11.5 Å². The highest BCUT2D eigenvalue weighted by molar-refractivity contribution is 5.95. The van der Waals surface area contributed by atoms with Gasteiger partial charge < -0.3 is 15.2 Å². The first-order chi connectivity index (χ1) is 11.2. The smallest absolute Gasteiger partial charge is 0.254 e. The third-order valence-electron chi connectivity index (χ3n) is 3.05. The number of nitrogens with two attached hydrogens (primary N) is 1. The van der Waals surface area contributed by atoms with E-state index in [9.17, 15) is 4.79 Å². The number of amides is 1. The van der Waals surface area contributed by atoms with Gasteiger partial charge in [0.2, 0.25) is 5.88 Å². The average molecular weight is 306 g/mol. The van der Waals surface area contributed by atoms with Crippen LogP contribution in [0.3, 0.4) is 0 Å². The van der Waals surface area contributed by atoms with Crippen molar-refractivity contribution in [1.29, 1.82) is 0 Å². The summed E-state index contributed by atoms with van der Waals surface area (Å²) in [4.78, 5) is 15.4. The molecule has 5 heteroatoms. The topological polar surface area (TPSA) is 74.4 Å². The molecule has 0 aliphatic carbocycles. The fourth-order valence-electron chi connectivity index (χ4n) is 1.97. The van der Waals surface area contributed by atoms with Crippen LogP contribution in [-0.4, -0.2) is 10.9 Å². The van der Waals surface area contributed by atoms with E-state index in [1.165, 1.54) is 6.20 Å². The fraction of sp³-hybridized carbons (Fsp3) is 0. The predicted molar refractivity (Wildman–Crippen MR) is 85.8 cm³/mol. The van der Waals surface area contributed by atoms with Gasteiger partial charge in [-0.15, -0.1) is 0 Å². The van der Waals surface area contributed by atoms with Gasteiger partial charge in [-0.1, -0.05) is 18.2 Å². The molecule has 2 aromatic carbocycles. The molecule has 0 atom stereocenters. The second-order valence-electron chi connectivity index (χ2n) is 4.71. The van der Waals surface area contributed by atoms with Crippen molar-refractivity contribution in [3.63, 3.8) is 0 Å². The van der Waals surface area contributed by atoms with E-state index in [2.05, 4.69) is 4.98 Å². The summed E-state index contributed by atoms with van der Waals surface area (Å²) in [7, 11) is 0. The maximum Gasteiger partial charge on any atom is 0.254 e. The zero-order valence-electron chi connectivity index (χ0n) is 12.2. The molecule has 1 amide bonds. The minimum absolute atomic E-state index is 0.178. The molecular weight excluding hydrogens is 292 g/mol. The van der Waals surface area contributed by atoms with Crippen molar-refractivity contribution in [1.82, 2.24) is 4.98 Å². The van der Waals surface area contributed by atoms with E-state index >= 15 is 0 Å². The number of aromatic nitrogens is 1. The first-order valence-electron chi connectivity index (χ1n) is 6.98. The first kappa shape index (κ1) is 14.6. The molecular formula is C18H14N2O3. The number of ether oxygens (including phenoxy) is 2. The van der Waals surface area contributed by atoms with Crippen molar-refractivity contribution in [3.8, 4) is 23.1 Å². The number of primary amides is 1. The largest absolute Gasteiger partial charge is 0.457 e. The lowest BCUT2D eigenvalue weighted by Gasteiger charge is -2.09.